The third-order valence-corrected chi connectivity index (χ3v) is 5.68. The first-order chi connectivity index (χ1) is 14.5. The van der Waals surface area contributed by atoms with Crippen LogP contribution in [0.15, 0.2) is 40.6 Å². The second-order valence-electron chi connectivity index (χ2n) is 6.08. The fourth-order valence-electron chi connectivity index (χ4n) is 2.44. The number of hydrogen-bond donors (Lipinski definition) is 0. The molecule has 0 fully saturated rings. The summed E-state index contributed by atoms with van der Waals surface area (Å²) in [6, 6.07) is 2.77. The van der Waals surface area contributed by atoms with E-state index in [0.29, 0.717) is 0 Å². The molecule has 0 aliphatic heterocycles. The van der Waals surface area contributed by atoms with Crippen LogP contribution in [0.2, 0.25) is 0 Å². The highest BCUT2D eigenvalue weighted by Crippen LogP contribution is 2.30. The summed E-state index contributed by atoms with van der Waals surface area (Å²) in [4.78, 5) is 12.3. The molecular formula is C17H14F5N5O3S. The molecule has 3 aromatic heterocycles. The van der Waals surface area contributed by atoms with Crippen LogP contribution in [-0.2, 0) is 20.9 Å². The fourth-order valence-corrected chi connectivity index (χ4v) is 3.29. The maximum absolute atomic E-state index is 12.9. The van der Waals surface area contributed by atoms with E-state index in [4.69, 9.17) is 0 Å². The summed E-state index contributed by atoms with van der Waals surface area (Å²) in [5.74, 6) is -0.352. The Labute approximate surface area is 172 Å². The van der Waals surface area contributed by atoms with Crippen molar-refractivity contribution < 1.29 is 35.2 Å². The second-order valence-corrected chi connectivity index (χ2v) is 8.36. The summed E-state index contributed by atoms with van der Waals surface area (Å²) in [6.45, 7) is 0.434. The number of halogens is 5. The van der Waals surface area contributed by atoms with E-state index in [2.05, 4.69) is 25.1 Å². The van der Waals surface area contributed by atoms with Gasteiger partial charge in [-0.1, -0.05) is 12.1 Å². The quantitative estimate of drug-likeness (QED) is 0.303. The number of aromatic nitrogens is 4. The molecule has 0 aliphatic carbocycles. The van der Waals surface area contributed by atoms with Crippen molar-refractivity contribution in [1.82, 2.24) is 19.6 Å². The average molecular weight is 463 g/mol. The summed E-state index contributed by atoms with van der Waals surface area (Å²) < 4.78 is 88.5. The molecule has 0 N–H and O–H groups in total. The van der Waals surface area contributed by atoms with Crippen LogP contribution in [0.5, 0.6) is 0 Å². The van der Waals surface area contributed by atoms with E-state index < -0.39 is 34.6 Å². The first-order valence-corrected chi connectivity index (χ1v) is 10.3. The Kier molecular flexibility index (Phi) is 6.20. The molecular weight excluding hydrogens is 449 g/mol. The van der Waals surface area contributed by atoms with Gasteiger partial charge in [0.25, 0.3) is 6.43 Å². The minimum absolute atomic E-state index is 0.00995. The first kappa shape index (κ1) is 22.5. The highest BCUT2D eigenvalue weighted by atomic mass is 32.2. The minimum atomic E-state index is -4.58. The summed E-state index contributed by atoms with van der Waals surface area (Å²) >= 11 is 0. The summed E-state index contributed by atoms with van der Waals surface area (Å²) in [7, 11) is -3.67. The molecule has 0 unspecified atom stereocenters. The molecule has 0 spiro atoms. The predicted molar refractivity (Wildman–Crippen MR) is 98.5 cm³/mol. The van der Waals surface area contributed by atoms with Gasteiger partial charge in [0.05, 0.1) is 22.4 Å². The molecule has 0 saturated carbocycles. The summed E-state index contributed by atoms with van der Waals surface area (Å²) in [5, 5.41) is 7.41. The van der Waals surface area contributed by atoms with Crippen LogP contribution in [0.25, 0.3) is 17.2 Å². The minimum Gasteiger partial charge on any atom is -0.390 e. The zero-order valence-corrected chi connectivity index (χ0v) is 16.5. The van der Waals surface area contributed by atoms with Gasteiger partial charge in [-0.2, -0.15) is 13.2 Å². The lowest BCUT2D eigenvalue weighted by Gasteiger charge is -2.05. The SMILES string of the molecule is CCS(=O)(=O)c1cnc(-c2nc3cc(C(F)(F)F)ccn3n2)c(C=NOCC(F)F)c1. The van der Waals surface area contributed by atoms with Crippen molar-refractivity contribution >= 4 is 21.7 Å². The first-order valence-electron chi connectivity index (χ1n) is 8.61. The van der Waals surface area contributed by atoms with E-state index >= 15 is 0 Å². The molecule has 0 amide bonds. The average Bonchev–Trinajstić information content (AvgIpc) is 3.13. The van der Waals surface area contributed by atoms with Gasteiger partial charge in [0.15, 0.2) is 22.1 Å². The highest BCUT2D eigenvalue weighted by molar-refractivity contribution is 7.91. The van der Waals surface area contributed by atoms with Gasteiger partial charge in [0.1, 0.15) is 5.69 Å². The molecule has 166 valence electrons. The van der Waals surface area contributed by atoms with Crippen LogP contribution in [0.4, 0.5) is 22.0 Å². The van der Waals surface area contributed by atoms with Crippen LogP contribution in [0.3, 0.4) is 0 Å². The molecule has 3 rings (SSSR count). The maximum atomic E-state index is 12.9. The van der Waals surface area contributed by atoms with Crippen molar-refractivity contribution in [1.29, 1.82) is 0 Å². The zero-order valence-electron chi connectivity index (χ0n) is 15.7. The van der Waals surface area contributed by atoms with Crippen LogP contribution < -0.4 is 0 Å². The van der Waals surface area contributed by atoms with Crippen molar-refractivity contribution in [3.8, 4) is 11.5 Å². The topological polar surface area (TPSA) is 98.8 Å². The van der Waals surface area contributed by atoms with Gasteiger partial charge in [-0.25, -0.2) is 26.7 Å². The lowest BCUT2D eigenvalue weighted by Crippen LogP contribution is -2.07. The maximum Gasteiger partial charge on any atom is 0.416 e. The van der Waals surface area contributed by atoms with Crippen LogP contribution in [0, 0.1) is 0 Å². The number of oxime groups is 1. The zero-order chi connectivity index (χ0) is 22.8. The number of sulfone groups is 1. The Morgan fingerprint density at radius 3 is 2.68 bits per heavy atom. The Balaban J connectivity index is 2.08. The Morgan fingerprint density at radius 2 is 2.03 bits per heavy atom. The predicted octanol–water partition coefficient (Wildman–Crippen LogP) is 3.22. The van der Waals surface area contributed by atoms with Crippen LogP contribution in [-0.4, -0.2) is 53.0 Å². The van der Waals surface area contributed by atoms with E-state index in [1.165, 1.54) is 13.0 Å². The van der Waals surface area contributed by atoms with Crippen molar-refractivity contribution in [2.24, 2.45) is 5.16 Å². The molecule has 3 heterocycles. The number of nitrogens with zero attached hydrogens (tertiary/aromatic N) is 5. The molecule has 0 radical (unpaired) electrons. The molecule has 0 atom stereocenters. The van der Waals surface area contributed by atoms with Crippen LogP contribution >= 0.6 is 0 Å². The van der Waals surface area contributed by atoms with Crippen molar-refractivity contribution in [2.45, 2.75) is 24.4 Å². The van der Waals surface area contributed by atoms with E-state index in [1.807, 2.05) is 0 Å². The molecule has 0 aliphatic rings. The van der Waals surface area contributed by atoms with E-state index in [9.17, 15) is 30.4 Å². The van der Waals surface area contributed by atoms with Gasteiger partial charge in [-0.15, -0.1) is 5.10 Å². The largest absolute Gasteiger partial charge is 0.416 e. The lowest BCUT2D eigenvalue weighted by atomic mass is 10.2. The van der Waals surface area contributed by atoms with Crippen molar-refractivity contribution in [2.75, 3.05) is 12.4 Å². The van der Waals surface area contributed by atoms with E-state index in [-0.39, 0.29) is 33.4 Å². The van der Waals surface area contributed by atoms with Gasteiger partial charge in [0, 0.05) is 18.0 Å². The molecule has 0 bridgehead atoms. The van der Waals surface area contributed by atoms with Crippen molar-refractivity contribution in [3.63, 3.8) is 0 Å². The van der Waals surface area contributed by atoms with E-state index in [0.717, 1.165) is 35.3 Å². The molecule has 0 aromatic carbocycles. The Morgan fingerprint density at radius 1 is 1.29 bits per heavy atom. The van der Waals surface area contributed by atoms with Crippen molar-refractivity contribution in [3.05, 3.63) is 41.7 Å². The number of rotatable bonds is 7. The Hall–Kier alpha value is -3.16. The van der Waals surface area contributed by atoms with E-state index in [1.54, 1.807) is 0 Å². The second kappa shape index (κ2) is 8.53. The van der Waals surface area contributed by atoms with Gasteiger partial charge >= 0.3 is 6.18 Å². The van der Waals surface area contributed by atoms with Gasteiger partial charge in [-0.05, 0) is 18.2 Å². The lowest BCUT2D eigenvalue weighted by molar-refractivity contribution is -0.137. The number of hydrogen-bond acceptors (Lipinski definition) is 7. The van der Waals surface area contributed by atoms with Gasteiger partial charge in [-0.3, -0.25) is 4.98 Å². The molecule has 14 heteroatoms. The fraction of sp³-hybridized carbons (Fsp3) is 0.294. The summed E-state index contributed by atoms with van der Waals surface area (Å²) in [6.07, 6.45) is -4.30. The molecule has 3 aromatic rings. The molecule has 31 heavy (non-hydrogen) atoms. The summed E-state index contributed by atoms with van der Waals surface area (Å²) in [5.41, 5.74) is -1.08. The normalized spacial score (nSPS) is 12.9. The number of fused-ring (bicyclic) bond motifs is 1. The standard InChI is InChI=1S/C17H14F5N5O3S/c1-2-31(28,29)12-5-10(7-24-30-9-13(18)19)15(23-8-12)16-25-14-6-11(17(20,21)22)3-4-27(14)26-16/h3-8,13H,2,9H2,1H3. The highest BCUT2D eigenvalue weighted by Gasteiger charge is 2.31. The number of pyridine rings is 2. The molecule has 8 nitrogen and oxygen atoms in total. The Bertz CT molecular complexity index is 1220. The van der Waals surface area contributed by atoms with Crippen LogP contribution in [0.1, 0.15) is 18.1 Å². The smallest absolute Gasteiger partial charge is 0.390 e. The van der Waals surface area contributed by atoms with Gasteiger partial charge in [0.2, 0.25) is 5.82 Å². The third kappa shape index (κ3) is 5.13. The monoisotopic (exact) mass is 463 g/mol. The van der Waals surface area contributed by atoms with Gasteiger partial charge < -0.3 is 4.84 Å². The number of alkyl halides is 5. The molecule has 0 saturated heterocycles. The third-order valence-electron chi connectivity index (χ3n) is 3.97.